The SMILES string of the molecule is Cc1cc(C(=O)NCCOCCN(C)C)ccc1Br. The number of carbonyl (C=O) groups is 1. The molecule has 1 aromatic rings. The summed E-state index contributed by atoms with van der Waals surface area (Å²) in [4.78, 5) is 13.9. The Kier molecular flexibility index (Phi) is 7.05. The first-order chi connectivity index (χ1) is 9.00. The number of ether oxygens (including phenoxy) is 1. The lowest BCUT2D eigenvalue weighted by Crippen LogP contribution is -2.28. The number of halogens is 1. The van der Waals surface area contributed by atoms with Crippen LogP contribution < -0.4 is 5.32 Å². The Morgan fingerprint density at radius 3 is 2.74 bits per heavy atom. The number of carbonyl (C=O) groups excluding carboxylic acids is 1. The van der Waals surface area contributed by atoms with Crippen molar-refractivity contribution in [3.63, 3.8) is 0 Å². The van der Waals surface area contributed by atoms with Crippen LogP contribution in [0.1, 0.15) is 15.9 Å². The van der Waals surface area contributed by atoms with Gasteiger partial charge in [-0.15, -0.1) is 0 Å². The van der Waals surface area contributed by atoms with Crippen LogP contribution in [-0.2, 0) is 4.74 Å². The van der Waals surface area contributed by atoms with E-state index >= 15 is 0 Å². The minimum absolute atomic E-state index is 0.0631. The maximum absolute atomic E-state index is 11.9. The molecular formula is C14H21BrN2O2. The minimum Gasteiger partial charge on any atom is -0.378 e. The van der Waals surface area contributed by atoms with Crippen molar-refractivity contribution in [2.75, 3.05) is 40.4 Å². The molecule has 0 radical (unpaired) electrons. The molecule has 1 N–H and O–H groups in total. The summed E-state index contributed by atoms with van der Waals surface area (Å²) in [5.41, 5.74) is 1.73. The zero-order chi connectivity index (χ0) is 14.3. The first-order valence-corrected chi connectivity index (χ1v) is 7.07. The van der Waals surface area contributed by atoms with Gasteiger partial charge < -0.3 is 15.0 Å². The normalized spacial score (nSPS) is 10.8. The number of hydrogen-bond donors (Lipinski definition) is 1. The molecule has 0 aliphatic rings. The van der Waals surface area contributed by atoms with E-state index in [1.807, 2.05) is 33.2 Å². The van der Waals surface area contributed by atoms with Crippen LogP contribution in [0, 0.1) is 6.92 Å². The Morgan fingerprint density at radius 1 is 1.37 bits per heavy atom. The molecule has 1 amide bonds. The Hall–Kier alpha value is -0.910. The number of rotatable bonds is 7. The number of benzene rings is 1. The largest absolute Gasteiger partial charge is 0.378 e. The second kappa shape index (κ2) is 8.30. The molecule has 19 heavy (non-hydrogen) atoms. The van der Waals surface area contributed by atoms with Crippen molar-refractivity contribution in [3.05, 3.63) is 33.8 Å². The summed E-state index contributed by atoms with van der Waals surface area (Å²) >= 11 is 3.42. The van der Waals surface area contributed by atoms with Gasteiger partial charge in [0.25, 0.3) is 5.91 Å². The molecule has 0 saturated heterocycles. The summed E-state index contributed by atoms with van der Waals surface area (Å²) in [5, 5.41) is 2.84. The molecule has 0 spiro atoms. The van der Waals surface area contributed by atoms with E-state index in [1.54, 1.807) is 6.07 Å². The van der Waals surface area contributed by atoms with Gasteiger partial charge in [-0.25, -0.2) is 0 Å². The van der Waals surface area contributed by atoms with Gasteiger partial charge in [-0.2, -0.15) is 0 Å². The van der Waals surface area contributed by atoms with Gasteiger partial charge in [0.1, 0.15) is 0 Å². The second-order valence-corrected chi connectivity index (χ2v) is 5.49. The maximum Gasteiger partial charge on any atom is 0.251 e. The van der Waals surface area contributed by atoms with Crippen molar-refractivity contribution >= 4 is 21.8 Å². The lowest BCUT2D eigenvalue weighted by atomic mass is 10.1. The van der Waals surface area contributed by atoms with Crippen molar-refractivity contribution in [2.45, 2.75) is 6.92 Å². The molecule has 0 saturated carbocycles. The average Bonchev–Trinajstić information content (AvgIpc) is 2.36. The van der Waals surface area contributed by atoms with E-state index in [0.717, 1.165) is 16.6 Å². The standard InChI is InChI=1S/C14H21BrN2O2/c1-11-10-12(4-5-13(11)15)14(18)16-6-8-19-9-7-17(2)3/h4-5,10H,6-9H2,1-3H3,(H,16,18). The van der Waals surface area contributed by atoms with Gasteiger partial charge in [0.2, 0.25) is 0 Å². The van der Waals surface area contributed by atoms with Crippen molar-refractivity contribution in [1.82, 2.24) is 10.2 Å². The third kappa shape index (κ3) is 6.18. The van der Waals surface area contributed by atoms with Crippen molar-refractivity contribution < 1.29 is 9.53 Å². The highest BCUT2D eigenvalue weighted by Crippen LogP contribution is 2.16. The summed E-state index contributed by atoms with van der Waals surface area (Å²) < 4.78 is 6.42. The molecule has 106 valence electrons. The number of amides is 1. The van der Waals surface area contributed by atoms with E-state index in [1.165, 1.54) is 0 Å². The lowest BCUT2D eigenvalue weighted by Gasteiger charge is -2.10. The van der Waals surface area contributed by atoms with Crippen LogP contribution in [0.25, 0.3) is 0 Å². The van der Waals surface area contributed by atoms with Crippen molar-refractivity contribution in [2.24, 2.45) is 0 Å². The molecule has 1 rings (SSSR count). The van der Waals surface area contributed by atoms with Crippen molar-refractivity contribution in [3.8, 4) is 0 Å². The molecule has 4 nitrogen and oxygen atoms in total. The third-order valence-electron chi connectivity index (χ3n) is 2.63. The fourth-order valence-electron chi connectivity index (χ4n) is 1.47. The van der Waals surface area contributed by atoms with E-state index in [4.69, 9.17) is 4.74 Å². The van der Waals surface area contributed by atoms with Gasteiger partial charge in [-0.05, 0) is 44.8 Å². The Labute approximate surface area is 123 Å². The minimum atomic E-state index is -0.0631. The van der Waals surface area contributed by atoms with Crippen molar-refractivity contribution in [1.29, 1.82) is 0 Å². The van der Waals surface area contributed by atoms with E-state index in [0.29, 0.717) is 25.3 Å². The van der Waals surface area contributed by atoms with Gasteiger partial charge in [0, 0.05) is 23.1 Å². The summed E-state index contributed by atoms with van der Waals surface area (Å²) in [7, 11) is 4.00. The van der Waals surface area contributed by atoms with Crippen LogP contribution in [0.3, 0.4) is 0 Å². The molecule has 5 heteroatoms. The van der Waals surface area contributed by atoms with E-state index in [9.17, 15) is 4.79 Å². The zero-order valence-corrected chi connectivity index (χ0v) is 13.3. The molecule has 0 atom stereocenters. The number of hydrogen-bond acceptors (Lipinski definition) is 3. The molecular weight excluding hydrogens is 308 g/mol. The fourth-order valence-corrected chi connectivity index (χ4v) is 1.72. The highest BCUT2D eigenvalue weighted by atomic mass is 79.9. The summed E-state index contributed by atoms with van der Waals surface area (Å²) in [5.74, 6) is -0.0631. The quantitative estimate of drug-likeness (QED) is 0.779. The van der Waals surface area contributed by atoms with Gasteiger partial charge in [0.05, 0.1) is 13.2 Å². The van der Waals surface area contributed by atoms with Crippen LogP contribution in [0.2, 0.25) is 0 Å². The van der Waals surface area contributed by atoms with Gasteiger partial charge >= 0.3 is 0 Å². The number of aryl methyl sites for hydroxylation is 1. The van der Waals surface area contributed by atoms with E-state index < -0.39 is 0 Å². The predicted molar refractivity (Wildman–Crippen MR) is 80.6 cm³/mol. The smallest absolute Gasteiger partial charge is 0.251 e. The van der Waals surface area contributed by atoms with Crippen LogP contribution in [-0.4, -0.2) is 51.2 Å². The number of likely N-dealkylation sites (N-methyl/N-ethyl adjacent to an activating group) is 1. The Bertz CT molecular complexity index is 422. The van der Waals surface area contributed by atoms with E-state index in [-0.39, 0.29) is 5.91 Å². The van der Waals surface area contributed by atoms with Crippen LogP contribution in [0.4, 0.5) is 0 Å². The van der Waals surface area contributed by atoms with Crippen LogP contribution in [0.15, 0.2) is 22.7 Å². The molecule has 0 aliphatic carbocycles. The molecule has 0 heterocycles. The average molecular weight is 329 g/mol. The molecule has 0 aliphatic heterocycles. The monoisotopic (exact) mass is 328 g/mol. The van der Waals surface area contributed by atoms with Crippen LogP contribution in [0.5, 0.6) is 0 Å². The number of nitrogens with zero attached hydrogens (tertiary/aromatic N) is 1. The lowest BCUT2D eigenvalue weighted by molar-refractivity contribution is 0.0900. The molecule has 0 aromatic heterocycles. The molecule has 0 fully saturated rings. The molecule has 0 bridgehead atoms. The highest BCUT2D eigenvalue weighted by molar-refractivity contribution is 9.10. The first-order valence-electron chi connectivity index (χ1n) is 6.27. The third-order valence-corrected chi connectivity index (χ3v) is 3.52. The Morgan fingerprint density at radius 2 is 2.11 bits per heavy atom. The zero-order valence-electron chi connectivity index (χ0n) is 11.7. The summed E-state index contributed by atoms with van der Waals surface area (Å²) in [6.07, 6.45) is 0. The summed E-state index contributed by atoms with van der Waals surface area (Å²) in [6, 6.07) is 5.56. The van der Waals surface area contributed by atoms with Gasteiger partial charge in [0.15, 0.2) is 0 Å². The topological polar surface area (TPSA) is 41.6 Å². The number of nitrogens with one attached hydrogen (secondary N) is 1. The molecule has 0 unspecified atom stereocenters. The fraction of sp³-hybridized carbons (Fsp3) is 0.500. The Balaban J connectivity index is 2.26. The predicted octanol–water partition coefficient (Wildman–Crippen LogP) is 2.07. The summed E-state index contributed by atoms with van der Waals surface area (Å²) in [6.45, 7) is 4.60. The molecule has 1 aromatic carbocycles. The highest BCUT2D eigenvalue weighted by Gasteiger charge is 2.06. The van der Waals surface area contributed by atoms with Crippen LogP contribution >= 0.6 is 15.9 Å². The van der Waals surface area contributed by atoms with Gasteiger partial charge in [-0.1, -0.05) is 15.9 Å². The first kappa shape index (κ1) is 16.1. The maximum atomic E-state index is 11.9. The van der Waals surface area contributed by atoms with Gasteiger partial charge in [-0.3, -0.25) is 4.79 Å². The van der Waals surface area contributed by atoms with E-state index in [2.05, 4.69) is 26.1 Å². The second-order valence-electron chi connectivity index (χ2n) is 4.64.